The Balaban J connectivity index is 1.63. The molecule has 1 aliphatic rings. The van der Waals surface area contributed by atoms with Gasteiger partial charge in [0.25, 0.3) is 11.8 Å². The van der Waals surface area contributed by atoms with Crippen molar-refractivity contribution in [1.29, 1.82) is 5.26 Å². The van der Waals surface area contributed by atoms with Gasteiger partial charge < -0.3 is 10.2 Å². The largest absolute Gasteiger partial charge is 0.356 e. The van der Waals surface area contributed by atoms with Crippen LogP contribution in [0.25, 0.3) is 11.2 Å². The molecule has 180 valence electrons. The van der Waals surface area contributed by atoms with Crippen molar-refractivity contribution >= 4 is 34.8 Å². The zero-order valence-corrected chi connectivity index (χ0v) is 19.6. The normalized spacial score (nSPS) is 13.3. The SMILES string of the molecule is CC(=O)NCCCn1c(NC(=O)c2cccc(C#N)c2)nc2cc(C(=O)N3CCCCC3)cnc21. The number of nitriles is 1. The number of hydrogen-bond donors (Lipinski definition) is 2. The number of benzene rings is 1. The number of likely N-dealkylation sites (tertiary alicyclic amines) is 1. The highest BCUT2D eigenvalue weighted by Gasteiger charge is 2.21. The topological polar surface area (TPSA) is 133 Å². The third kappa shape index (κ3) is 5.63. The molecule has 0 unspecified atom stereocenters. The molecule has 0 saturated carbocycles. The first-order valence-electron chi connectivity index (χ1n) is 11.7. The molecule has 10 heteroatoms. The van der Waals surface area contributed by atoms with E-state index in [2.05, 4.69) is 20.6 Å². The molecule has 1 aromatic carbocycles. The van der Waals surface area contributed by atoms with E-state index in [4.69, 9.17) is 5.26 Å². The molecular weight excluding hydrogens is 446 g/mol. The minimum absolute atomic E-state index is 0.0711. The Morgan fingerprint density at radius 3 is 2.66 bits per heavy atom. The van der Waals surface area contributed by atoms with Crippen LogP contribution in [-0.4, -0.2) is 56.8 Å². The summed E-state index contributed by atoms with van der Waals surface area (Å²) >= 11 is 0. The van der Waals surface area contributed by atoms with Crippen LogP contribution in [0.3, 0.4) is 0 Å². The number of rotatable bonds is 7. The van der Waals surface area contributed by atoms with Crippen LogP contribution >= 0.6 is 0 Å². The van der Waals surface area contributed by atoms with Gasteiger partial charge in [-0.2, -0.15) is 5.26 Å². The molecule has 0 radical (unpaired) electrons. The smallest absolute Gasteiger partial charge is 0.258 e. The van der Waals surface area contributed by atoms with Gasteiger partial charge in [0.05, 0.1) is 17.2 Å². The number of aryl methyl sites for hydroxylation is 1. The quantitative estimate of drug-likeness (QED) is 0.507. The zero-order valence-electron chi connectivity index (χ0n) is 19.6. The fraction of sp³-hybridized carbons (Fsp3) is 0.360. The second kappa shape index (κ2) is 10.8. The lowest BCUT2D eigenvalue weighted by atomic mass is 10.1. The molecule has 0 atom stereocenters. The maximum atomic E-state index is 12.9. The molecule has 0 aliphatic carbocycles. The van der Waals surface area contributed by atoms with Gasteiger partial charge in [0, 0.05) is 44.9 Å². The molecule has 1 fully saturated rings. The van der Waals surface area contributed by atoms with Crippen LogP contribution in [0.5, 0.6) is 0 Å². The molecule has 0 spiro atoms. The highest BCUT2D eigenvalue weighted by Crippen LogP contribution is 2.22. The van der Waals surface area contributed by atoms with E-state index in [-0.39, 0.29) is 17.8 Å². The molecule has 3 heterocycles. The summed E-state index contributed by atoms with van der Waals surface area (Å²) in [6.07, 6.45) is 5.26. The predicted molar refractivity (Wildman–Crippen MR) is 130 cm³/mol. The molecule has 1 saturated heterocycles. The van der Waals surface area contributed by atoms with Crippen molar-refractivity contribution < 1.29 is 14.4 Å². The summed E-state index contributed by atoms with van der Waals surface area (Å²) in [7, 11) is 0. The van der Waals surface area contributed by atoms with Gasteiger partial charge in [0.1, 0.15) is 5.52 Å². The second-order valence-electron chi connectivity index (χ2n) is 8.49. The average Bonchev–Trinajstić information content (AvgIpc) is 3.22. The number of hydrogen-bond acceptors (Lipinski definition) is 6. The van der Waals surface area contributed by atoms with E-state index in [9.17, 15) is 14.4 Å². The predicted octanol–water partition coefficient (Wildman–Crippen LogP) is 2.71. The summed E-state index contributed by atoms with van der Waals surface area (Å²) in [5, 5.41) is 14.7. The van der Waals surface area contributed by atoms with Crippen LogP contribution in [0, 0.1) is 11.3 Å². The maximum Gasteiger partial charge on any atom is 0.258 e. The number of carbonyl (C=O) groups excluding carboxylic acids is 3. The van der Waals surface area contributed by atoms with E-state index in [1.807, 2.05) is 11.0 Å². The number of amides is 3. The van der Waals surface area contributed by atoms with Crippen LogP contribution in [-0.2, 0) is 11.3 Å². The van der Waals surface area contributed by atoms with Gasteiger partial charge in [-0.15, -0.1) is 0 Å². The summed E-state index contributed by atoms with van der Waals surface area (Å²) in [6, 6.07) is 10.1. The second-order valence-corrected chi connectivity index (χ2v) is 8.49. The van der Waals surface area contributed by atoms with E-state index in [1.165, 1.54) is 13.0 Å². The molecule has 35 heavy (non-hydrogen) atoms. The van der Waals surface area contributed by atoms with Crippen LogP contribution < -0.4 is 10.6 Å². The van der Waals surface area contributed by atoms with Gasteiger partial charge in [0.2, 0.25) is 11.9 Å². The molecule has 1 aliphatic heterocycles. The highest BCUT2D eigenvalue weighted by molar-refractivity contribution is 6.04. The lowest BCUT2D eigenvalue weighted by Gasteiger charge is -2.26. The first kappa shape index (κ1) is 23.9. The summed E-state index contributed by atoms with van der Waals surface area (Å²) < 4.78 is 1.76. The molecule has 10 nitrogen and oxygen atoms in total. The van der Waals surface area contributed by atoms with Crippen molar-refractivity contribution in [2.75, 3.05) is 25.0 Å². The van der Waals surface area contributed by atoms with E-state index in [0.29, 0.717) is 47.4 Å². The Hall–Kier alpha value is -4.26. The highest BCUT2D eigenvalue weighted by atomic mass is 16.2. The Bertz CT molecular complexity index is 1300. The Labute approximate surface area is 203 Å². The molecular formula is C25H27N7O3. The van der Waals surface area contributed by atoms with Crippen LogP contribution in [0.1, 0.15) is 58.9 Å². The Morgan fingerprint density at radius 2 is 1.91 bits per heavy atom. The lowest BCUT2D eigenvalue weighted by molar-refractivity contribution is -0.118. The number of imidazole rings is 1. The Kier molecular flexibility index (Phi) is 7.35. The zero-order chi connectivity index (χ0) is 24.8. The number of piperidine rings is 1. The summed E-state index contributed by atoms with van der Waals surface area (Å²) in [5.41, 5.74) is 2.19. The first-order valence-corrected chi connectivity index (χ1v) is 11.7. The molecule has 4 rings (SSSR count). The minimum Gasteiger partial charge on any atom is -0.356 e. The number of fused-ring (bicyclic) bond motifs is 1. The van der Waals surface area contributed by atoms with Gasteiger partial charge in [-0.3, -0.25) is 24.3 Å². The summed E-state index contributed by atoms with van der Waals surface area (Å²) in [5.74, 6) is -0.320. The van der Waals surface area contributed by atoms with Crippen molar-refractivity contribution in [2.24, 2.45) is 0 Å². The number of nitrogens with zero attached hydrogens (tertiary/aromatic N) is 5. The number of carbonyl (C=O) groups is 3. The van der Waals surface area contributed by atoms with Crippen LogP contribution in [0.2, 0.25) is 0 Å². The van der Waals surface area contributed by atoms with Gasteiger partial charge >= 0.3 is 0 Å². The first-order chi connectivity index (χ1) is 17.0. The van der Waals surface area contributed by atoms with Crippen LogP contribution in [0.4, 0.5) is 5.95 Å². The third-order valence-corrected chi connectivity index (χ3v) is 5.89. The van der Waals surface area contributed by atoms with Gasteiger partial charge in [0.15, 0.2) is 5.65 Å². The molecule has 2 aromatic heterocycles. The van der Waals surface area contributed by atoms with Crippen molar-refractivity contribution in [3.63, 3.8) is 0 Å². The molecule has 0 bridgehead atoms. The maximum absolute atomic E-state index is 12.9. The summed E-state index contributed by atoms with van der Waals surface area (Å²) in [4.78, 5) is 48.0. The minimum atomic E-state index is -0.412. The monoisotopic (exact) mass is 473 g/mol. The lowest BCUT2D eigenvalue weighted by Crippen LogP contribution is -2.35. The summed E-state index contributed by atoms with van der Waals surface area (Å²) in [6.45, 7) is 3.82. The van der Waals surface area contributed by atoms with Gasteiger partial charge in [-0.25, -0.2) is 9.97 Å². The van der Waals surface area contributed by atoms with Crippen molar-refractivity contribution in [3.8, 4) is 6.07 Å². The van der Waals surface area contributed by atoms with Gasteiger partial charge in [-0.05, 0) is 49.9 Å². The number of anilines is 1. The number of aromatic nitrogens is 3. The van der Waals surface area contributed by atoms with Crippen LogP contribution in [0.15, 0.2) is 36.5 Å². The molecule has 3 amide bonds. The Morgan fingerprint density at radius 1 is 1.11 bits per heavy atom. The average molecular weight is 474 g/mol. The van der Waals surface area contributed by atoms with E-state index in [0.717, 1.165) is 32.4 Å². The fourth-order valence-corrected chi connectivity index (χ4v) is 4.12. The molecule has 2 N–H and O–H groups in total. The van der Waals surface area contributed by atoms with Crippen molar-refractivity contribution in [2.45, 2.75) is 39.2 Å². The molecule has 3 aromatic rings. The van der Waals surface area contributed by atoms with E-state index in [1.54, 1.807) is 35.0 Å². The fourth-order valence-electron chi connectivity index (χ4n) is 4.12. The van der Waals surface area contributed by atoms with E-state index < -0.39 is 5.91 Å². The van der Waals surface area contributed by atoms with Crippen molar-refractivity contribution in [3.05, 3.63) is 53.2 Å². The number of pyridine rings is 1. The van der Waals surface area contributed by atoms with Gasteiger partial charge in [-0.1, -0.05) is 6.07 Å². The van der Waals surface area contributed by atoms with E-state index >= 15 is 0 Å². The van der Waals surface area contributed by atoms with Crippen molar-refractivity contribution in [1.82, 2.24) is 24.8 Å². The third-order valence-electron chi connectivity index (χ3n) is 5.89. The standard InChI is InChI=1S/C25H27N7O3/c1-17(33)27-9-6-12-32-22-21(14-20(16-28-22)24(35)31-10-3-2-4-11-31)29-25(32)30-23(34)19-8-5-7-18(13-19)15-26/h5,7-8,13-14,16H,2-4,6,9-12H2,1H3,(H,27,33)(H,29,30,34). The number of nitrogens with one attached hydrogen (secondary N) is 2.